The molecule has 18 heavy (non-hydrogen) atoms. The minimum atomic E-state index is 0.113. The van der Waals surface area contributed by atoms with E-state index in [1.807, 2.05) is 31.2 Å². The van der Waals surface area contributed by atoms with Crippen LogP contribution in [0.1, 0.15) is 21.5 Å². The van der Waals surface area contributed by atoms with Gasteiger partial charge in [-0.05, 0) is 47.9 Å². The van der Waals surface area contributed by atoms with Crippen molar-refractivity contribution in [2.75, 3.05) is 0 Å². The molecule has 0 aliphatic carbocycles. The minimum Gasteiger partial charge on any atom is -0.0840 e. The van der Waals surface area contributed by atoms with Gasteiger partial charge in [-0.1, -0.05) is 71.5 Å². The summed E-state index contributed by atoms with van der Waals surface area (Å²) >= 11 is 17.0. The monoisotopic (exact) mass is 450 g/mol. The molecule has 2 aromatic carbocycles. The van der Waals surface area contributed by atoms with E-state index in [0.29, 0.717) is 0 Å². The van der Waals surface area contributed by atoms with Gasteiger partial charge in [0.25, 0.3) is 0 Å². The maximum Gasteiger partial charge on any atom is 0.0656 e. The van der Waals surface area contributed by atoms with Crippen molar-refractivity contribution >= 4 is 59.4 Å². The lowest BCUT2D eigenvalue weighted by atomic mass is 10.0. The molecule has 0 spiro atoms. The highest BCUT2D eigenvalue weighted by molar-refractivity contribution is 9.11. The molecule has 0 saturated carbocycles. The maximum atomic E-state index is 6.17. The summed E-state index contributed by atoms with van der Waals surface area (Å²) in [6.45, 7) is 2.00. The van der Waals surface area contributed by atoms with Crippen molar-refractivity contribution in [3.63, 3.8) is 0 Å². The molecule has 0 aromatic heterocycles. The number of hydrogen-bond donors (Lipinski definition) is 0. The number of hydrogen-bond acceptors (Lipinski definition) is 0. The third-order valence-electron chi connectivity index (χ3n) is 2.72. The van der Waals surface area contributed by atoms with Gasteiger partial charge in [-0.2, -0.15) is 0 Å². The molecule has 0 heterocycles. The summed E-state index contributed by atoms with van der Waals surface area (Å²) in [6.07, 6.45) is 0. The van der Waals surface area contributed by atoms with Gasteiger partial charge in [0.15, 0.2) is 0 Å². The predicted octanol–water partition coefficient (Wildman–Crippen LogP) is 6.66. The number of rotatable bonds is 2. The topological polar surface area (TPSA) is 0 Å². The van der Waals surface area contributed by atoms with E-state index in [9.17, 15) is 0 Å². The van der Waals surface area contributed by atoms with Crippen LogP contribution in [0.15, 0.2) is 45.3 Å². The number of benzene rings is 2. The predicted molar refractivity (Wildman–Crippen MR) is 88.8 cm³/mol. The Balaban J connectivity index is 2.44. The smallest absolute Gasteiger partial charge is 0.0656 e. The minimum absolute atomic E-state index is 0.113. The van der Waals surface area contributed by atoms with Gasteiger partial charge in [0.05, 0.1) is 4.83 Å². The van der Waals surface area contributed by atoms with Crippen LogP contribution in [0.4, 0.5) is 0 Å². The molecule has 2 aromatic rings. The number of halogens is 4. The largest absolute Gasteiger partial charge is 0.0840 e. The van der Waals surface area contributed by atoms with Crippen LogP contribution in [0.2, 0.25) is 5.02 Å². The van der Waals surface area contributed by atoms with E-state index in [1.165, 1.54) is 5.56 Å². The zero-order valence-electron chi connectivity index (χ0n) is 9.55. The van der Waals surface area contributed by atoms with Crippen LogP contribution in [0, 0.1) is 6.92 Å². The van der Waals surface area contributed by atoms with Crippen molar-refractivity contribution in [2.24, 2.45) is 0 Å². The fourth-order valence-corrected chi connectivity index (χ4v) is 3.67. The summed E-state index contributed by atoms with van der Waals surface area (Å²) < 4.78 is 2.13. The lowest BCUT2D eigenvalue weighted by Crippen LogP contribution is -1.95. The van der Waals surface area contributed by atoms with E-state index in [4.69, 9.17) is 11.6 Å². The molecule has 94 valence electrons. The van der Waals surface area contributed by atoms with Crippen LogP contribution >= 0.6 is 59.4 Å². The average Bonchev–Trinajstić information content (AvgIpc) is 2.35. The third kappa shape index (κ3) is 3.19. The van der Waals surface area contributed by atoms with Crippen LogP contribution in [-0.2, 0) is 0 Å². The summed E-state index contributed by atoms with van der Waals surface area (Å²) in [5.41, 5.74) is 3.40. The average molecular weight is 453 g/mol. The highest BCUT2D eigenvalue weighted by atomic mass is 79.9. The van der Waals surface area contributed by atoms with Crippen molar-refractivity contribution in [3.05, 3.63) is 67.1 Å². The van der Waals surface area contributed by atoms with Gasteiger partial charge in [-0.3, -0.25) is 0 Å². The Morgan fingerprint density at radius 1 is 1.06 bits per heavy atom. The Labute approximate surface area is 137 Å². The Morgan fingerprint density at radius 2 is 1.78 bits per heavy atom. The highest BCUT2D eigenvalue weighted by Crippen LogP contribution is 2.37. The van der Waals surface area contributed by atoms with Gasteiger partial charge in [0.2, 0.25) is 0 Å². The third-order valence-corrected chi connectivity index (χ3v) is 5.36. The molecule has 0 bridgehead atoms. The molecule has 2 rings (SSSR count). The number of aryl methyl sites for hydroxylation is 1. The zero-order chi connectivity index (χ0) is 13.3. The molecular weight excluding hydrogens is 443 g/mol. The first-order valence-electron chi connectivity index (χ1n) is 5.34. The van der Waals surface area contributed by atoms with Gasteiger partial charge < -0.3 is 0 Å². The van der Waals surface area contributed by atoms with Gasteiger partial charge in [0.1, 0.15) is 0 Å². The SMILES string of the molecule is Cc1ccc(C(Br)c2cc(Br)ccc2Br)cc1Cl. The van der Waals surface area contributed by atoms with Gasteiger partial charge >= 0.3 is 0 Å². The Bertz CT molecular complexity index is 581. The van der Waals surface area contributed by atoms with Gasteiger partial charge in [-0.25, -0.2) is 0 Å². The molecule has 0 aliphatic rings. The highest BCUT2D eigenvalue weighted by Gasteiger charge is 2.14. The fraction of sp³-hybridized carbons (Fsp3) is 0.143. The molecule has 0 amide bonds. The second-order valence-corrected chi connectivity index (χ2v) is 7.13. The van der Waals surface area contributed by atoms with E-state index < -0.39 is 0 Å². The normalized spacial score (nSPS) is 12.5. The summed E-state index contributed by atoms with van der Waals surface area (Å²) in [4.78, 5) is 0.113. The molecule has 0 saturated heterocycles. The van der Waals surface area contributed by atoms with E-state index in [-0.39, 0.29) is 4.83 Å². The first-order valence-corrected chi connectivity index (χ1v) is 8.22. The summed E-state index contributed by atoms with van der Waals surface area (Å²) in [6, 6.07) is 12.3. The molecule has 0 aliphatic heterocycles. The van der Waals surface area contributed by atoms with Crippen LogP contribution in [0.3, 0.4) is 0 Å². The fourth-order valence-electron chi connectivity index (χ4n) is 1.66. The Hall–Kier alpha value is 0.170. The molecule has 1 unspecified atom stereocenters. The Kier molecular flexibility index (Phi) is 4.92. The van der Waals surface area contributed by atoms with Gasteiger partial charge in [0, 0.05) is 14.0 Å². The van der Waals surface area contributed by atoms with E-state index in [1.54, 1.807) is 0 Å². The quantitative estimate of drug-likeness (QED) is 0.446. The molecule has 0 nitrogen and oxygen atoms in total. The summed E-state index contributed by atoms with van der Waals surface area (Å²) in [5, 5.41) is 0.795. The van der Waals surface area contributed by atoms with Gasteiger partial charge in [-0.15, -0.1) is 0 Å². The lowest BCUT2D eigenvalue weighted by molar-refractivity contribution is 1.16. The zero-order valence-corrected chi connectivity index (χ0v) is 15.1. The van der Waals surface area contributed by atoms with Crippen molar-refractivity contribution in [2.45, 2.75) is 11.8 Å². The standard InChI is InChI=1S/C14H10Br3Cl/c1-8-2-3-9(6-13(8)18)14(17)11-7-10(15)4-5-12(11)16/h2-7,14H,1H3. The maximum absolute atomic E-state index is 6.17. The number of alkyl halides is 1. The molecular formula is C14H10Br3Cl. The van der Waals surface area contributed by atoms with Crippen LogP contribution in [0.5, 0.6) is 0 Å². The Morgan fingerprint density at radius 3 is 2.44 bits per heavy atom. The van der Waals surface area contributed by atoms with Crippen LogP contribution < -0.4 is 0 Å². The van der Waals surface area contributed by atoms with Crippen molar-refractivity contribution < 1.29 is 0 Å². The van der Waals surface area contributed by atoms with Crippen LogP contribution in [0.25, 0.3) is 0 Å². The van der Waals surface area contributed by atoms with E-state index >= 15 is 0 Å². The molecule has 0 N–H and O–H groups in total. The van der Waals surface area contributed by atoms with E-state index in [0.717, 1.165) is 25.1 Å². The summed E-state index contributed by atoms with van der Waals surface area (Å²) in [5.74, 6) is 0. The van der Waals surface area contributed by atoms with Crippen molar-refractivity contribution in [1.29, 1.82) is 0 Å². The first kappa shape index (κ1) is 14.6. The van der Waals surface area contributed by atoms with Crippen molar-refractivity contribution in [3.8, 4) is 0 Å². The molecule has 0 fully saturated rings. The first-order chi connectivity index (χ1) is 8.49. The second-order valence-electron chi connectivity index (χ2n) is 4.04. The lowest BCUT2D eigenvalue weighted by Gasteiger charge is -2.14. The van der Waals surface area contributed by atoms with Crippen molar-refractivity contribution in [1.82, 2.24) is 0 Å². The second kappa shape index (κ2) is 6.08. The molecule has 1 atom stereocenters. The molecule has 4 heteroatoms. The summed E-state index contributed by atoms with van der Waals surface area (Å²) in [7, 11) is 0. The molecule has 0 radical (unpaired) electrons. The van der Waals surface area contributed by atoms with E-state index in [2.05, 4.69) is 59.9 Å². The van der Waals surface area contributed by atoms with Crippen LogP contribution in [-0.4, -0.2) is 0 Å².